The molecule has 1 aliphatic rings. The highest BCUT2D eigenvalue weighted by Gasteiger charge is 2.22. The Morgan fingerprint density at radius 3 is 2.76 bits per heavy atom. The summed E-state index contributed by atoms with van der Waals surface area (Å²) in [6.07, 6.45) is 7.18. The Morgan fingerprint density at radius 2 is 2.10 bits per heavy atom. The van der Waals surface area contributed by atoms with Gasteiger partial charge in [-0.1, -0.05) is 31.0 Å². The number of thioether (sulfide) groups is 1. The second-order valence-electron chi connectivity index (χ2n) is 5.26. The zero-order valence-corrected chi connectivity index (χ0v) is 12.9. The SMILES string of the molecule is CC(Sc1ncccc1C(=O)O)C(=O)NC1CCCCC1. The molecule has 21 heavy (non-hydrogen) atoms. The number of aromatic nitrogens is 1. The average molecular weight is 308 g/mol. The van der Waals surface area contributed by atoms with E-state index in [0.717, 1.165) is 25.7 Å². The number of hydrogen-bond donors (Lipinski definition) is 2. The Labute approximate surface area is 128 Å². The third-order valence-electron chi connectivity index (χ3n) is 3.61. The maximum Gasteiger partial charge on any atom is 0.338 e. The van der Waals surface area contributed by atoms with Crippen LogP contribution in [0, 0.1) is 0 Å². The van der Waals surface area contributed by atoms with Gasteiger partial charge in [0.05, 0.1) is 10.8 Å². The molecule has 1 amide bonds. The van der Waals surface area contributed by atoms with Crippen molar-refractivity contribution in [2.45, 2.75) is 55.3 Å². The van der Waals surface area contributed by atoms with Gasteiger partial charge >= 0.3 is 5.97 Å². The fraction of sp³-hybridized carbons (Fsp3) is 0.533. The highest BCUT2D eigenvalue weighted by Crippen LogP contribution is 2.25. The number of hydrogen-bond acceptors (Lipinski definition) is 4. The first kappa shape index (κ1) is 15.8. The predicted molar refractivity (Wildman–Crippen MR) is 81.5 cm³/mol. The minimum atomic E-state index is -1.02. The van der Waals surface area contributed by atoms with Gasteiger partial charge in [0.1, 0.15) is 5.03 Å². The van der Waals surface area contributed by atoms with Crippen LogP contribution >= 0.6 is 11.8 Å². The molecule has 114 valence electrons. The topological polar surface area (TPSA) is 79.3 Å². The van der Waals surface area contributed by atoms with Gasteiger partial charge in [-0.2, -0.15) is 0 Å². The van der Waals surface area contributed by atoms with Crippen molar-refractivity contribution in [3.8, 4) is 0 Å². The molecule has 0 saturated heterocycles. The van der Waals surface area contributed by atoms with E-state index in [-0.39, 0.29) is 22.8 Å². The normalized spacial score (nSPS) is 17.2. The maximum atomic E-state index is 12.2. The molecule has 1 unspecified atom stereocenters. The summed E-state index contributed by atoms with van der Waals surface area (Å²) < 4.78 is 0. The van der Waals surface area contributed by atoms with Crippen molar-refractivity contribution < 1.29 is 14.7 Å². The minimum absolute atomic E-state index is 0.0473. The van der Waals surface area contributed by atoms with Gasteiger partial charge in [-0.25, -0.2) is 9.78 Å². The molecule has 5 nitrogen and oxygen atoms in total. The number of pyridine rings is 1. The molecule has 0 aliphatic heterocycles. The Morgan fingerprint density at radius 1 is 1.38 bits per heavy atom. The third-order valence-corrected chi connectivity index (χ3v) is 4.73. The zero-order valence-electron chi connectivity index (χ0n) is 12.0. The van der Waals surface area contributed by atoms with E-state index in [0.29, 0.717) is 5.03 Å². The van der Waals surface area contributed by atoms with Crippen LogP contribution in [-0.2, 0) is 4.79 Å². The summed E-state index contributed by atoms with van der Waals surface area (Å²) in [5.41, 5.74) is 0.139. The van der Waals surface area contributed by atoms with Crippen LogP contribution < -0.4 is 5.32 Å². The number of carboxylic acid groups (broad SMARTS) is 1. The maximum absolute atomic E-state index is 12.2. The van der Waals surface area contributed by atoms with E-state index in [2.05, 4.69) is 10.3 Å². The first-order valence-electron chi connectivity index (χ1n) is 7.23. The van der Waals surface area contributed by atoms with Gasteiger partial charge in [0, 0.05) is 12.2 Å². The molecule has 1 aromatic heterocycles. The second kappa shape index (κ2) is 7.45. The number of nitrogens with zero attached hydrogens (tertiary/aromatic N) is 1. The lowest BCUT2D eigenvalue weighted by atomic mass is 9.95. The summed E-state index contributed by atoms with van der Waals surface area (Å²) in [4.78, 5) is 27.4. The Bertz CT molecular complexity index is 515. The van der Waals surface area contributed by atoms with Crippen LogP contribution in [0.3, 0.4) is 0 Å². The lowest BCUT2D eigenvalue weighted by molar-refractivity contribution is -0.121. The largest absolute Gasteiger partial charge is 0.478 e. The first-order chi connectivity index (χ1) is 10.1. The number of nitrogens with one attached hydrogen (secondary N) is 1. The van der Waals surface area contributed by atoms with Crippen LogP contribution in [0.5, 0.6) is 0 Å². The highest BCUT2D eigenvalue weighted by molar-refractivity contribution is 8.00. The van der Waals surface area contributed by atoms with E-state index in [4.69, 9.17) is 5.11 Å². The van der Waals surface area contributed by atoms with Crippen LogP contribution in [0.2, 0.25) is 0 Å². The quantitative estimate of drug-likeness (QED) is 0.818. The predicted octanol–water partition coefficient (Wildman–Crippen LogP) is 2.71. The van der Waals surface area contributed by atoms with Gasteiger partial charge in [-0.05, 0) is 31.9 Å². The third kappa shape index (κ3) is 4.46. The van der Waals surface area contributed by atoms with E-state index in [1.165, 1.54) is 24.2 Å². The number of carbonyl (C=O) groups excluding carboxylic acids is 1. The van der Waals surface area contributed by atoms with E-state index < -0.39 is 5.97 Å². The Kier molecular flexibility index (Phi) is 5.61. The number of aromatic carboxylic acids is 1. The molecule has 2 rings (SSSR count). The van der Waals surface area contributed by atoms with Crippen molar-refractivity contribution in [2.24, 2.45) is 0 Å². The molecule has 1 heterocycles. The fourth-order valence-electron chi connectivity index (χ4n) is 2.43. The van der Waals surface area contributed by atoms with E-state index >= 15 is 0 Å². The summed E-state index contributed by atoms with van der Waals surface area (Å²) >= 11 is 1.19. The Hall–Kier alpha value is -1.56. The summed E-state index contributed by atoms with van der Waals surface area (Å²) in [6, 6.07) is 3.35. The molecule has 6 heteroatoms. The standard InChI is InChI=1S/C15H20N2O3S/c1-10(13(18)17-11-6-3-2-4-7-11)21-14-12(15(19)20)8-5-9-16-14/h5,8-11H,2-4,6-7H2,1H3,(H,17,18)(H,19,20). The lowest BCUT2D eigenvalue weighted by Gasteiger charge is -2.24. The summed E-state index contributed by atoms with van der Waals surface area (Å²) in [5, 5.41) is 12.2. The molecular formula is C15H20N2O3S. The Balaban J connectivity index is 1.95. The molecule has 1 atom stereocenters. The number of carboxylic acids is 1. The van der Waals surface area contributed by atoms with Crippen LogP contribution in [0.1, 0.15) is 49.4 Å². The van der Waals surface area contributed by atoms with Crippen LogP contribution in [-0.4, -0.2) is 33.3 Å². The minimum Gasteiger partial charge on any atom is -0.478 e. The van der Waals surface area contributed by atoms with Gasteiger partial charge < -0.3 is 10.4 Å². The number of rotatable bonds is 5. The summed E-state index contributed by atoms with van der Waals surface area (Å²) in [6.45, 7) is 1.78. The van der Waals surface area contributed by atoms with Crippen molar-refractivity contribution >= 4 is 23.6 Å². The molecule has 0 spiro atoms. The van der Waals surface area contributed by atoms with Crippen molar-refractivity contribution in [1.29, 1.82) is 0 Å². The van der Waals surface area contributed by atoms with Crippen LogP contribution in [0.25, 0.3) is 0 Å². The number of carbonyl (C=O) groups is 2. The lowest BCUT2D eigenvalue weighted by Crippen LogP contribution is -2.40. The fourth-order valence-corrected chi connectivity index (χ4v) is 3.35. The number of amides is 1. The van der Waals surface area contributed by atoms with Gasteiger partial charge in [0.25, 0.3) is 0 Å². The molecular weight excluding hydrogens is 288 g/mol. The van der Waals surface area contributed by atoms with Crippen molar-refractivity contribution in [3.63, 3.8) is 0 Å². The smallest absolute Gasteiger partial charge is 0.338 e. The molecule has 1 aliphatic carbocycles. The van der Waals surface area contributed by atoms with Crippen molar-refractivity contribution in [3.05, 3.63) is 23.9 Å². The molecule has 0 aromatic carbocycles. The average Bonchev–Trinajstić information content (AvgIpc) is 2.48. The van der Waals surface area contributed by atoms with E-state index in [1.54, 1.807) is 19.2 Å². The summed E-state index contributed by atoms with van der Waals surface area (Å²) in [5.74, 6) is -1.07. The molecule has 1 saturated carbocycles. The molecule has 0 bridgehead atoms. The second-order valence-corrected chi connectivity index (χ2v) is 6.59. The van der Waals surface area contributed by atoms with Gasteiger partial charge in [-0.3, -0.25) is 4.79 Å². The van der Waals surface area contributed by atoms with Crippen LogP contribution in [0.4, 0.5) is 0 Å². The highest BCUT2D eigenvalue weighted by atomic mass is 32.2. The molecule has 1 fully saturated rings. The van der Waals surface area contributed by atoms with Crippen LogP contribution in [0.15, 0.2) is 23.4 Å². The molecule has 1 aromatic rings. The van der Waals surface area contributed by atoms with Crippen molar-refractivity contribution in [1.82, 2.24) is 10.3 Å². The molecule has 0 radical (unpaired) electrons. The monoisotopic (exact) mass is 308 g/mol. The first-order valence-corrected chi connectivity index (χ1v) is 8.11. The zero-order chi connectivity index (χ0) is 15.2. The van der Waals surface area contributed by atoms with E-state index in [1.807, 2.05) is 0 Å². The molecule has 2 N–H and O–H groups in total. The van der Waals surface area contributed by atoms with Gasteiger partial charge in [-0.15, -0.1) is 0 Å². The van der Waals surface area contributed by atoms with Gasteiger partial charge in [0.15, 0.2) is 0 Å². The van der Waals surface area contributed by atoms with Gasteiger partial charge in [0.2, 0.25) is 5.91 Å². The van der Waals surface area contributed by atoms with E-state index in [9.17, 15) is 9.59 Å². The van der Waals surface area contributed by atoms with Crippen molar-refractivity contribution in [2.75, 3.05) is 0 Å². The summed E-state index contributed by atoms with van der Waals surface area (Å²) in [7, 11) is 0.